The van der Waals surface area contributed by atoms with Crippen LogP contribution in [0.15, 0.2) is 36.5 Å². The van der Waals surface area contributed by atoms with E-state index in [0.29, 0.717) is 12.6 Å². The molecule has 0 saturated heterocycles. The molecule has 0 aliphatic heterocycles. The number of imidazole rings is 1. The maximum Gasteiger partial charge on any atom is 0.181 e. The molecule has 1 saturated carbocycles. The van der Waals surface area contributed by atoms with Crippen molar-refractivity contribution in [3.63, 3.8) is 0 Å². The number of halogens is 1. The number of anilines is 1. The molecule has 0 atom stereocenters. The van der Waals surface area contributed by atoms with Gasteiger partial charge >= 0.3 is 0 Å². The van der Waals surface area contributed by atoms with Crippen LogP contribution in [0.4, 0.5) is 5.82 Å². The molecule has 2 aromatic carbocycles. The molecule has 5 rings (SSSR count). The third-order valence-corrected chi connectivity index (χ3v) is 6.71. The highest BCUT2D eigenvalue weighted by atomic mass is 35.5. The summed E-state index contributed by atoms with van der Waals surface area (Å²) >= 11 is 6.69. The van der Waals surface area contributed by atoms with Crippen LogP contribution < -0.4 is 10.6 Å². The Labute approximate surface area is 199 Å². The summed E-state index contributed by atoms with van der Waals surface area (Å²) in [5.74, 6) is 0.782. The maximum absolute atomic E-state index is 6.69. The second kappa shape index (κ2) is 9.29. The minimum atomic E-state index is 0.653. The second-order valence-electron chi connectivity index (χ2n) is 8.92. The molecule has 7 heteroatoms. The standard InChI is InChI=1S/C26H30ClN5O/c1-16-11-22-23(12-17(16)2)32-24(15-30-26(32)25(31-22)28-9-4-10-33-3)18-5-6-19(21(27)13-18)14-29-20-7-8-20/h5-6,11-13,15,20,29H,4,7-10,14H2,1-3H3,(H,28,31). The van der Waals surface area contributed by atoms with Crippen LogP contribution in [0.25, 0.3) is 27.9 Å². The lowest BCUT2D eigenvalue weighted by Gasteiger charge is -2.14. The van der Waals surface area contributed by atoms with Crippen LogP contribution in [-0.4, -0.2) is 40.7 Å². The van der Waals surface area contributed by atoms with Gasteiger partial charge in [0.1, 0.15) is 0 Å². The summed E-state index contributed by atoms with van der Waals surface area (Å²) in [5.41, 5.74) is 8.41. The number of hydrogen-bond acceptors (Lipinski definition) is 5. The summed E-state index contributed by atoms with van der Waals surface area (Å²) in [6.07, 6.45) is 5.34. The van der Waals surface area contributed by atoms with Gasteiger partial charge in [0.25, 0.3) is 0 Å². The van der Waals surface area contributed by atoms with E-state index in [1.54, 1.807) is 7.11 Å². The molecule has 6 nitrogen and oxygen atoms in total. The monoisotopic (exact) mass is 463 g/mol. The van der Waals surface area contributed by atoms with Gasteiger partial charge in [0, 0.05) is 43.4 Å². The first-order chi connectivity index (χ1) is 16.0. The minimum Gasteiger partial charge on any atom is -0.385 e. The van der Waals surface area contributed by atoms with E-state index >= 15 is 0 Å². The van der Waals surface area contributed by atoms with Crippen LogP contribution in [-0.2, 0) is 11.3 Å². The molecule has 172 valence electrons. The molecule has 2 heterocycles. The molecule has 2 N–H and O–H groups in total. The topological polar surface area (TPSA) is 63.5 Å². The summed E-state index contributed by atoms with van der Waals surface area (Å²) in [6, 6.07) is 11.3. The summed E-state index contributed by atoms with van der Waals surface area (Å²) in [6.45, 7) is 6.53. The van der Waals surface area contributed by atoms with Gasteiger partial charge in [-0.25, -0.2) is 9.97 Å². The molecule has 1 fully saturated rings. The fraction of sp³-hybridized carbons (Fsp3) is 0.385. The van der Waals surface area contributed by atoms with Gasteiger partial charge in [0.15, 0.2) is 11.5 Å². The second-order valence-corrected chi connectivity index (χ2v) is 9.33. The molecular formula is C26H30ClN5O. The fourth-order valence-electron chi connectivity index (χ4n) is 4.12. The number of nitrogens with zero attached hydrogens (tertiary/aromatic N) is 3. The van der Waals surface area contributed by atoms with Crippen molar-refractivity contribution in [2.75, 3.05) is 25.6 Å². The first-order valence-electron chi connectivity index (χ1n) is 11.6. The van der Waals surface area contributed by atoms with Crippen molar-refractivity contribution in [3.05, 3.63) is 58.2 Å². The minimum absolute atomic E-state index is 0.653. The molecule has 1 aliphatic carbocycles. The van der Waals surface area contributed by atoms with Gasteiger partial charge in [-0.05, 0) is 68.0 Å². The maximum atomic E-state index is 6.69. The van der Waals surface area contributed by atoms with Crippen LogP contribution in [0.5, 0.6) is 0 Å². The third kappa shape index (κ3) is 4.56. The Bertz CT molecular complexity index is 1310. The highest BCUT2D eigenvalue weighted by Crippen LogP contribution is 2.32. The number of hydrogen-bond donors (Lipinski definition) is 2. The zero-order chi connectivity index (χ0) is 22.9. The molecule has 1 aliphatic rings. The lowest BCUT2D eigenvalue weighted by atomic mass is 10.1. The van der Waals surface area contributed by atoms with E-state index in [9.17, 15) is 0 Å². The average Bonchev–Trinajstić information content (AvgIpc) is 3.52. The van der Waals surface area contributed by atoms with Gasteiger partial charge < -0.3 is 15.4 Å². The highest BCUT2D eigenvalue weighted by Gasteiger charge is 2.21. The van der Waals surface area contributed by atoms with Crippen molar-refractivity contribution in [2.24, 2.45) is 0 Å². The number of methoxy groups -OCH3 is 1. The Morgan fingerprint density at radius 3 is 2.73 bits per heavy atom. The molecule has 0 bridgehead atoms. The first kappa shape index (κ1) is 22.1. The molecule has 4 aromatic rings. The van der Waals surface area contributed by atoms with Crippen molar-refractivity contribution in [1.82, 2.24) is 19.7 Å². The van der Waals surface area contributed by atoms with Crippen molar-refractivity contribution in [2.45, 2.75) is 45.7 Å². The molecule has 0 amide bonds. The van der Waals surface area contributed by atoms with Gasteiger partial charge in [0.05, 0.1) is 22.9 Å². The summed E-state index contributed by atoms with van der Waals surface area (Å²) in [5, 5.41) is 7.78. The van der Waals surface area contributed by atoms with E-state index in [1.165, 1.54) is 24.0 Å². The molecule has 2 aromatic heterocycles. The number of aromatic nitrogens is 3. The number of aryl methyl sites for hydroxylation is 2. The van der Waals surface area contributed by atoms with Crippen LogP contribution in [0.1, 0.15) is 36.0 Å². The summed E-state index contributed by atoms with van der Waals surface area (Å²) in [4.78, 5) is 9.69. The molecule has 0 radical (unpaired) electrons. The van der Waals surface area contributed by atoms with Gasteiger partial charge in [-0.15, -0.1) is 0 Å². The zero-order valence-corrected chi connectivity index (χ0v) is 20.2. The van der Waals surface area contributed by atoms with Crippen LogP contribution in [0, 0.1) is 13.8 Å². The number of benzene rings is 2. The zero-order valence-electron chi connectivity index (χ0n) is 19.4. The lowest BCUT2D eigenvalue weighted by Crippen LogP contribution is -2.15. The molecular weight excluding hydrogens is 434 g/mol. The van der Waals surface area contributed by atoms with Crippen LogP contribution in [0.2, 0.25) is 5.02 Å². The molecule has 0 spiro atoms. The Hall–Kier alpha value is -2.67. The number of nitrogens with one attached hydrogen (secondary N) is 2. The van der Waals surface area contributed by atoms with E-state index in [4.69, 9.17) is 26.3 Å². The van der Waals surface area contributed by atoms with Crippen LogP contribution in [0.3, 0.4) is 0 Å². The van der Waals surface area contributed by atoms with E-state index in [0.717, 1.165) is 63.9 Å². The largest absolute Gasteiger partial charge is 0.385 e. The van der Waals surface area contributed by atoms with Crippen molar-refractivity contribution in [1.29, 1.82) is 0 Å². The lowest BCUT2D eigenvalue weighted by molar-refractivity contribution is 0.198. The molecule has 0 unspecified atom stereocenters. The van der Waals surface area contributed by atoms with Gasteiger partial charge in [0.2, 0.25) is 0 Å². The Balaban J connectivity index is 1.59. The SMILES string of the molecule is COCCCNc1nc2cc(C)c(C)cc2n2c(-c3ccc(CNC4CC4)c(Cl)c3)cnc12. The normalized spacial score (nSPS) is 13.8. The number of ether oxygens (including phenoxy) is 1. The van der Waals surface area contributed by atoms with Gasteiger partial charge in [-0.2, -0.15) is 0 Å². The van der Waals surface area contributed by atoms with Crippen molar-refractivity contribution in [3.8, 4) is 11.3 Å². The van der Waals surface area contributed by atoms with Crippen LogP contribution >= 0.6 is 11.6 Å². The molecule has 33 heavy (non-hydrogen) atoms. The Morgan fingerprint density at radius 2 is 1.97 bits per heavy atom. The van der Waals surface area contributed by atoms with Crippen molar-refractivity contribution >= 4 is 34.1 Å². The first-order valence-corrected chi connectivity index (χ1v) is 12.0. The Kier molecular flexibility index (Phi) is 6.23. The van der Waals surface area contributed by atoms with Crippen molar-refractivity contribution < 1.29 is 4.74 Å². The third-order valence-electron chi connectivity index (χ3n) is 6.36. The predicted octanol–water partition coefficient (Wildman–Crippen LogP) is 5.52. The summed E-state index contributed by atoms with van der Waals surface area (Å²) < 4.78 is 7.38. The van der Waals surface area contributed by atoms with Gasteiger partial charge in [-0.1, -0.05) is 23.7 Å². The van der Waals surface area contributed by atoms with E-state index in [1.807, 2.05) is 12.3 Å². The van der Waals surface area contributed by atoms with E-state index in [2.05, 4.69) is 53.1 Å². The summed E-state index contributed by atoms with van der Waals surface area (Å²) in [7, 11) is 1.72. The number of rotatable bonds is 9. The van der Waals surface area contributed by atoms with E-state index in [-0.39, 0.29) is 0 Å². The van der Waals surface area contributed by atoms with E-state index < -0.39 is 0 Å². The predicted molar refractivity (Wildman–Crippen MR) is 135 cm³/mol. The average molecular weight is 464 g/mol. The Morgan fingerprint density at radius 1 is 1.15 bits per heavy atom. The smallest absolute Gasteiger partial charge is 0.181 e. The van der Waals surface area contributed by atoms with Gasteiger partial charge in [-0.3, -0.25) is 4.40 Å². The fourth-order valence-corrected chi connectivity index (χ4v) is 4.37. The highest BCUT2D eigenvalue weighted by molar-refractivity contribution is 6.31. The number of fused-ring (bicyclic) bond motifs is 3. The quantitative estimate of drug-likeness (QED) is 0.320.